The van der Waals surface area contributed by atoms with Gasteiger partial charge in [-0.3, -0.25) is 10.1 Å². The fourth-order valence-corrected chi connectivity index (χ4v) is 2.90. The molecular weight excluding hydrogens is 320 g/mol. The lowest BCUT2D eigenvalue weighted by Gasteiger charge is -2.18. The third-order valence-electron chi connectivity index (χ3n) is 4.08. The van der Waals surface area contributed by atoms with Gasteiger partial charge in [0.1, 0.15) is 17.7 Å². The number of nitriles is 1. The van der Waals surface area contributed by atoms with Gasteiger partial charge in [-0.2, -0.15) is 5.26 Å². The van der Waals surface area contributed by atoms with Crippen molar-refractivity contribution in [2.75, 3.05) is 23.3 Å². The lowest BCUT2D eigenvalue weighted by molar-refractivity contribution is -0.385. The van der Waals surface area contributed by atoms with E-state index in [1.165, 1.54) is 25.0 Å². The molecular formula is C17H18N6O2. The van der Waals surface area contributed by atoms with Gasteiger partial charge >= 0.3 is 5.69 Å². The molecule has 0 saturated carbocycles. The van der Waals surface area contributed by atoms with Crippen LogP contribution in [-0.4, -0.2) is 28.0 Å². The molecule has 0 unspecified atom stereocenters. The average Bonchev–Trinajstić information content (AvgIpc) is 3.13. The van der Waals surface area contributed by atoms with Crippen LogP contribution in [0.25, 0.3) is 0 Å². The molecule has 0 atom stereocenters. The molecule has 1 aliphatic heterocycles. The first-order chi connectivity index (χ1) is 12.1. The maximum atomic E-state index is 10.9. The Morgan fingerprint density at radius 1 is 1.32 bits per heavy atom. The fraction of sp³-hybridized carbons (Fsp3) is 0.353. The lowest BCUT2D eigenvalue weighted by atomic mass is 10.2. The minimum atomic E-state index is -0.607. The van der Waals surface area contributed by atoms with Crippen LogP contribution in [-0.2, 0) is 6.54 Å². The zero-order valence-electron chi connectivity index (χ0n) is 13.9. The number of hydrogen-bond donors (Lipinski definition) is 1. The van der Waals surface area contributed by atoms with Crippen LogP contribution in [0.1, 0.15) is 29.8 Å². The van der Waals surface area contributed by atoms with Crippen LogP contribution >= 0.6 is 0 Å². The highest BCUT2D eigenvalue weighted by molar-refractivity contribution is 5.51. The number of aryl methyl sites for hydroxylation is 1. The van der Waals surface area contributed by atoms with Crippen molar-refractivity contribution in [3.63, 3.8) is 0 Å². The molecule has 0 bridgehead atoms. The first-order valence-corrected chi connectivity index (χ1v) is 8.09. The van der Waals surface area contributed by atoms with Crippen LogP contribution in [0.4, 0.5) is 17.3 Å². The quantitative estimate of drug-likeness (QED) is 0.659. The number of rotatable bonds is 5. The Morgan fingerprint density at radius 3 is 2.76 bits per heavy atom. The molecule has 8 nitrogen and oxygen atoms in total. The molecule has 1 saturated heterocycles. The average molecular weight is 338 g/mol. The van der Waals surface area contributed by atoms with E-state index in [4.69, 9.17) is 5.26 Å². The summed E-state index contributed by atoms with van der Waals surface area (Å²) in [7, 11) is 0. The van der Waals surface area contributed by atoms with Crippen molar-refractivity contribution in [3.8, 4) is 6.07 Å². The van der Waals surface area contributed by atoms with E-state index >= 15 is 0 Å². The normalized spacial score (nSPS) is 13.5. The van der Waals surface area contributed by atoms with Crippen molar-refractivity contribution in [3.05, 3.63) is 51.3 Å². The molecule has 3 heterocycles. The number of aromatic nitrogens is 2. The topological polar surface area (TPSA) is 108 Å². The maximum absolute atomic E-state index is 10.9. The van der Waals surface area contributed by atoms with Crippen LogP contribution in [0.3, 0.4) is 0 Å². The smallest absolute Gasteiger partial charge is 0.305 e. The summed E-state index contributed by atoms with van der Waals surface area (Å²) in [6, 6.07) is 8.60. The largest absolute Gasteiger partial charge is 0.366 e. The number of nitrogens with one attached hydrogen (secondary N) is 1. The van der Waals surface area contributed by atoms with Crippen LogP contribution in [0.2, 0.25) is 0 Å². The van der Waals surface area contributed by atoms with Crippen LogP contribution in [0, 0.1) is 28.4 Å². The van der Waals surface area contributed by atoms with Crippen molar-refractivity contribution < 1.29 is 4.92 Å². The van der Waals surface area contributed by atoms with E-state index in [1.54, 1.807) is 6.07 Å². The summed E-state index contributed by atoms with van der Waals surface area (Å²) >= 11 is 0. The molecule has 0 radical (unpaired) electrons. The van der Waals surface area contributed by atoms with Gasteiger partial charge in [0.25, 0.3) is 0 Å². The molecule has 25 heavy (non-hydrogen) atoms. The van der Waals surface area contributed by atoms with Crippen molar-refractivity contribution in [2.45, 2.75) is 26.3 Å². The summed E-state index contributed by atoms with van der Waals surface area (Å²) in [6.07, 6.45) is 2.37. The Kier molecular flexibility index (Phi) is 4.75. The van der Waals surface area contributed by atoms with Gasteiger partial charge in [0.2, 0.25) is 5.69 Å². The van der Waals surface area contributed by atoms with E-state index in [0.29, 0.717) is 12.4 Å². The Labute approximate surface area is 145 Å². The highest BCUT2D eigenvalue weighted by atomic mass is 16.6. The van der Waals surface area contributed by atoms with Crippen LogP contribution < -0.4 is 10.2 Å². The summed E-state index contributed by atoms with van der Waals surface area (Å²) < 4.78 is 0. The molecule has 1 N–H and O–H groups in total. The molecule has 3 rings (SSSR count). The number of nitro groups is 1. The minimum Gasteiger partial charge on any atom is -0.366 e. The molecule has 0 aromatic carbocycles. The first-order valence-electron chi connectivity index (χ1n) is 8.09. The second kappa shape index (κ2) is 7.13. The SMILES string of the molecule is Cc1cc(CNc2ccc([N+](=O)[O-])c(C#N)n2)cc(N2CCCC2)n1. The highest BCUT2D eigenvalue weighted by Crippen LogP contribution is 2.21. The van der Waals surface area contributed by atoms with E-state index in [9.17, 15) is 10.1 Å². The Morgan fingerprint density at radius 2 is 2.08 bits per heavy atom. The van der Waals surface area contributed by atoms with Gasteiger partial charge in [-0.1, -0.05) is 0 Å². The molecule has 0 spiro atoms. The molecule has 1 aliphatic rings. The molecule has 0 aliphatic carbocycles. The van der Waals surface area contributed by atoms with Gasteiger partial charge in [0.15, 0.2) is 0 Å². The number of anilines is 2. The van der Waals surface area contributed by atoms with Crippen LogP contribution in [0.5, 0.6) is 0 Å². The Hall–Kier alpha value is -3.21. The molecule has 8 heteroatoms. The minimum absolute atomic E-state index is 0.196. The zero-order valence-corrected chi connectivity index (χ0v) is 13.9. The van der Waals surface area contributed by atoms with Gasteiger partial charge in [0.05, 0.1) is 4.92 Å². The number of nitrogens with zero attached hydrogens (tertiary/aromatic N) is 5. The van der Waals surface area contributed by atoms with Gasteiger partial charge in [-0.25, -0.2) is 9.97 Å². The van der Waals surface area contributed by atoms with Gasteiger partial charge in [-0.05, 0) is 43.5 Å². The Balaban J connectivity index is 1.75. The molecule has 2 aromatic rings. The van der Waals surface area contributed by atoms with E-state index < -0.39 is 4.92 Å². The summed E-state index contributed by atoms with van der Waals surface area (Å²) in [5.41, 5.74) is 1.51. The fourth-order valence-electron chi connectivity index (χ4n) is 2.90. The standard InChI is InChI=1S/C17H18N6O2/c1-12-8-13(9-17(20-12)22-6-2-3-7-22)11-19-16-5-4-15(23(24)25)14(10-18)21-16/h4-5,8-9H,2-3,6-7,11H2,1H3,(H,19,21). The second-order valence-electron chi connectivity index (χ2n) is 5.96. The van der Waals surface area contributed by atoms with Gasteiger partial charge in [0, 0.05) is 31.4 Å². The van der Waals surface area contributed by atoms with Crippen molar-refractivity contribution in [1.29, 1.82) is 5.26 Å². The van der Waals surface area contributed by atoms with Crippen molar-refractivity contribution in [2.24, 2.45) is 0 Å². The second-order valence-corrected chi connectivity index (χ2v) is 5.96. The predicted octanol–water partition coefficient (Wildman–Crippen LogP) is 2.78. The monoisotopic (exact) mass is 338 g/mol. The third-order valence-corrected chi connectivity index (χ3v) is 4.08. The molecule has 1 fully saturated rings. The molecule has 0 amide bonds. The summed E-state index contributed by atoms with van der Waals surface area (Å²) in [4.78, 5) is 21.1. The summed E-state index contributed by atoms with van der Waals surface area (Å²) in [5, 5.41) is 23.0. The Bertz CT molecular complexity index is 840. The highest BCUT2D eigenvalue weighted by Gasteiger charge is 2.16. The maximum Gasteiger partial charge on any atom is 0.305 e. The number of pyridine rings is 2. The summed E-state index contributed by atoms with van der Waals surface area (Å²) in [6.45, 7) is 4.51. The zero-order chi connectivity index (χ0) is 17.8. The van der Waals surface area contributed by atoms with E-state index in [1.807, 2.05) is 19.1 Å². The predicted molar refractivity (Wildman–Crippen MR) is 93.4 cm³/mol. The third kappa shape index (κ3) is 3.83. The van der Waals surface area contributed by atoms with Gasteiger partial charge < -0.3 is 10.2 Å². The van der Waals surface area contributed by atoms with E-state index in [-0.39, 0.29) is 11.4 Å². The number of hydrogen-bond acceptors (Lipinski definition) is 7. The molecule has 2 aromatic heterocycles. The summed E-state index contributed by atoms with van der Waals surface area (Å²) in [5.74, 6) is 1.41. The van der Waals surface area contributed by atoms with Crippen molar-refractivity contribution in [1.82, 2.24) is 9.97 Å². The van der Waals surface area contributed by atoms with Crippen LogP contribution in [0.15, 0.2) is 24.3 Å². The first kappa shape index (κ1) is 16.6. The van der Waals surface area contributed by atoms with Crippen molar-refractivity contribution >= 4 is 17.3 Å². The van der Waals surface area contributed by atoms with Gasteiger partial charge in [-0.15, -0.1) is 0 Å². The van der Waals surface area contributed by atoms with E-state index in [2.05, 4.69) is 20.2 Å². The van der Waals surface area contributed by atoms with E-state index in [0.717, 1.165) is 30.2 Å². The molecule has 128 valence electrons. The lowest BCUT2D eigenvalue weighted by Crippen LogP contribution is -2.19.